The van der Waals surface area contributed by atoms with E-state index in [0.717, 1.165) is 24.0 Å². The average Bonchev–Trinajstić information content (AvgIpc) is 2.89. The lowest BCUT2D eigenvalue weighted by atomic mass is 9.99. The largest absolute Gasteiger partial charge is 0.313 e. The topological polar surface area (TPSA) is 55.2 Å². The lowest BCUT2D eigenvalue weighted by Crippen LogP contribution is -2.12. The Bertz CT molecular complexity index is 667. The molecule has 0 saturated heterocycles. The van der Waals surface area contributed by atoms with Crippen molar-refractivity contribution in [2.24, 2.45) is 0 Å². The van der Waals surface area contributed by atoms with Crippen LogP contribution in [0.3, 0.4) is 0 Å². The summed E-state index contributed by atoms with van der Waals surface area (Å²) >= 11 is 0. The van der Waals surface area contributed by atoms with Gasteiger partial charge < -0.3 is 5.32 Å². The molecule has 0 aliphatic heterocycles. The number of hydrogen-bond acceptors (Lipinski definition) is 3. The quantitative estimate of drug-likeness (QED) is 0.685. The summed E-state index contributed by atoms with van der Waals surface area (Å²) in [4.78, 5) is 10.5. The van der Waals surface area contributed by atoms with E-state index in [1.54, 1.807) is 12.1 Å². The lowest BCUT2D eigenvalue weighted by molar-refractivity contribution is -0.384. The van der Waals surface area contributed by atoms with Crippen molar-refractivity contribution in [2.75, 3.05) is 7.05 Å². The predicted molar refractivity (Wildman–Crippen MR) is 78.7 cm³/mol. The molecular formula is C16H16N2O2. The Labute approximate surface area is 117 Å². The Morgan fingerprint density at radius 1 is 1.20 bits per heavy atom. The van der Waals surface area contributed by atoms with E-state index in [0.29, 0.717) is 6.04 Å². The van der Waals surface area contributed by atoms with E-state index in [-0.39, 0.29) is 10.6 Å². The Hall–Kier alpha value is -2.20. The molecule has 102 valence electrons. The number of hydrogen-bond donors (Lipinski definition) is 1. The highest BCUT2D eigenvalue weighted by molar-refractivity contribution is 5.67. The molecule has 1 atom stereocenters. The van der Waals surface area contributed by atoms with Gasteiger partial charge in [0.15, 0.2) is 0 Å². The van der Waals surface area contributed by atoms with Gasteiger partial charge in [0.25, 0.3) is 5.69 Å². The maximum absolute atomic E-state index is 10.9. The van der Waals surface area contributed by atoms with Gasteiger partial charge in [0, 0.05) is 18.2 Å². The van der Waals surface area contributed by atoms with Gasteiger partial charge in [0.1, 0.15) is 0 Å². The lowest BCUT2D eigenvalue weighted by Gasteiger charge is -2.10. The van der Waals surface area contributed by atoms with Gasteiger partial charge >= 0.3 is 0 Å². The van der Waals surface area contributed by atoms with Gasteiger partial charge in [-0.15, -0.1) is 0 Å². The summed E-state index contributed by atoms with van der Waals surface area (Å²) in [6, 6.07) is 13.6. The smallest absolute Gasteiger partial charge is 0.270 e. The third-order valence-electron chi connectivity index (χ3n) is 3.96. The molecule has 1 aliphatic rings. The summed E-state index contributed by atoms with van der Waals surface area (Å²) in [6.45, 7) is 0. The fraction of sp³-hybridized carbons (Fsp3) is 0.250. The minimum Gasteiger partial charge on any atom is -0.313 e. The van der Waals surface area contributed by atoms with Crippen molar-refractivity contribution < 1.29 is 4.92 Å². The monoisotopic (exact) mass is 268 g/mol. The molecule has 0 heterocycles. The van der Waals surface area contributed by atoms with Gasteiger partial charge in [-0.05, 0) is 42.1 Å². The molecule has 4 nitrogen and oxygen atoms in total. The molecule has 0 aromatic heterocycles. The highest BCUT2D eigenvalue weighted by atomic mass is 16.6. The third kappa shape index (κ3) is 2.18. The van der Waals surface area contributed by atoms with Crippen LogP contribution in [0.25, 0.3) is 11.1 Å². The summed E-state index contributed by atoms with van der Waals surface area (Å²) in [7, 11) is 1.98. The van der Waals surface area contributed by atoms with E-state index >= 15 is 0 Å². The van der Waals surface area contributed by atoms with Crippen molar-refractivity contribution >= 4 is 5.69 Å². The Kier molecular flexibility index (Phi) is 3.24. The van der Waals surface area contributed by atoms with Crippen molar-refractivity contribution in [1.82, 2.24) is 5.32 Å². The second-order valence-corrected chi connectivity index (χ2v) is 5.10. The first-order valence-corrected chi connectivity index (χ1v) is 6.74. The number of nitrogens with zero attached hydrogens (tertiary/aromatic N) is 1. The summed E-state index contributed by atoms with van der Waals surface area (Å²) < 4.78 is 0. The van der Waals surface area contributed by atoms with Crippen LogP contribution in [0.4, 0.5) is 5.69 Å². The first-order chi connectivity index (χ1) is 9.69. The van der Waals surface area contributed by atoms with Crippen LogP contribution in [0.5, 0.6) is 0 Å². The van der Waals surface area contributed by atoms with Crippen LogP contribution < -0.4 is 5.32 Å². The maximum Gasteiger partial charge on any atom is 0.270 e. The molecule has 0 amide bonds. The zero-order valence-electron chi connectivity index (χ0n) is 11.3. The van der Waals surface area contributed by atoms with Crippen LogP contribution in [0.2, 0.25) is 0 Å². The SMILES string of the molecule is CNC1CCc2cc(-c3cccc([N+](=O)[O-])c3)ccc21. The minimum absolute atomic E-state index is 0.135. The standard InChI is InChI=1S/C16H16N2O2/c1-17-16-8-6-13-9-12(5-7-15(13)16)11-3-2-4-14(10-11)18(19)20/h2-5,7,9-10,16-17H,6,8H2,1H3. The number of non-ortho nitro benzene ring substituents is 1. The Morgan fingerprint density at radius 2 is 2.00 bits per heavy atom. The second-order valence-electron chi connectivity index (χ2n) is 5.10. The van der Waals surface area contributed by atoms with E-state index in [1.807, 2.05) is 19.2 Å². The van der Waals surface area contributed by atoms with Gasteiger partial charge in [-0.3, -0.25) is 10.1 Å². The molecule has 0 saturated carbocycles. The molecular weight excluding hydrogens is 252 g/mol. The van der Waals surface area contributed by atoms with Gasteiger partial charge in [-0.2, -0.15) is 0 Å². The summed E-state index contributed by atoms with van der Waals surface area (Å²) in [6.07, 6.45) is 2.17. The number of rotatable bonds is 3. The highest BCUT2D eigenvalue weighted by Crippen LogP contribution is 2.34. The van der Waals surface area contributed by atoms with E-state index in [4.69, 9.17) is 0 Å². The van der Waals surface area contributed by atoms with E-state index in [9.17, 15) is 10.1 Å². The number of nitro benzene ring substituents is 1. The summed E-state index contributed by atoms with van der Waals surface area (Å²) in [5, 5.41) is 14.2. The predicted octanol–water partition coefficient (Wildman–Crippen LogP) is 3.47. The first kappa shape index (κ1) is 12.8. The number of nitrogens with one attached hydrogen (secondary N) is 1. The number of nitro groups is 1. The maximum atomic E-state index is 10.9. The summed E-state index contributed by atoms with van der Waals surface area (Å²) in [5.41, 5.74) is 4.77. The molecule has 4 heteroatoms. The first-order valence-electron chi connectivity index (χ1n) is 6.74. The molecule has 0 spiro atoms. The van der Waals surface area contributed by atoms with Crippen LogP contribution in [0.15, 0.2) is 42.5 Å². The second kappa shape index (κ2) is 5.06. The van der Waals surface area contributed by atoms with Crippen LogP contribution in [0, 0.1) is 10.1 Å². The Balaban J connectivity index is 2.00. The normalized spacial score (nSPS) is 16.9. The van der Waals surface area contributed by atoms with Gasteiger partial charge in [0.2, 0.25) is 0 Å². The van der Waals surface area contributed by atoms with Crippen molar-refractivity contribution in [3.05, 3.63) is 63.7 Å². The fourth-order valence-corrected chi connectivity index (χ4v) is 2.90. The van der Waals surface area contributed by atoms with Gasteiger partial charge in [-0.1, -0.05) is 30.3 Å². The van der Waals surface area contributed by atoms with Crippen LogP contribution in [0.1, 0.15) is 23.6 Å². The molecule has 3 rings (SSSR count). The van der Waals surface area contributed by atoms with Crippen molar-refractivity contribution in [3.63, 3.8) is 0 Å². The zero-order chi connectivity index (χ0) is 14.1. The Morgan fingerprint density at radius 3 is 2.75 bits per heavy atom. The molecule has 1 unspecified atom stereocenters. The van der Waals surface area contributed by atoms with Crippen molar-refractivity contribution in [3.8, 4) is 11.1 Å². The average molecular weight is 268 g/mol. The molecule has 2 aromatic rings. The van der Waals surface area contributed by atoms with Crippen LogP contribution >= 0.6 is 0 Å². The molecule has 20 heavy (non-hydrogen) atoms. The third-order valence-corrected chi connectivity index (χ3v) is 3.96. The molecule has 0 radical (unpaired) electrons. The van der Waals surface area contributed by atoms with Gasteiger partial charge in [-0.25, -0.2) is 0 Å². The molecule has 1 N–H and O–H groups in total. The number of aryl methyl sites for hydroxylation is 1. The molecule has 0 fully saturated rings. The number of benzene rings is 2. The van der Waals surface area contributed by atoms with Crippen LogP contribution in [-0.4, -0.2) is 12.0 Å². The minimum atomic E-state index is -0.353. The molecule has 2 aromatic carbocycles. The highest BCUT2D eigenvalue weighted by Gasteiger charge is 2.21. The molecule has 0 bridgehead atoms. The summed E-state index contributed by atoms with van der Waals surface area (Å²) in [5.74, 6) is 0. The van der Waals surface area contributed by atoms with E-state index < -0.39 is 0 Å². The number of fused-ring (bicyclic) bond motifs is 1. The fourth-order valence-electron chi connectivity index (χ4n) is 2.90. The van der Waals surface area contributed by atoms with Gasteiger partial charge in [0.05, 0.1) is 4.92 Å². The zero-order valence-corrected chi connectivity index (χ0v) is 11.3. The van der Waals surface area contributed by atoms with Crippen LogP contribution in [-0.2, 0) is 6.42 Å². The molecule has 1 aliphatic carbocycles. The van der Waals surface area contributed by atoms with Crippen molar-refractivity contribution in [1.29, 1.82) is 0 Å². The van der Waals surface area contributed by atoms with Crippen molar-refractivity contribution in [2.45, 2.75) is 18.9 Å². The van der Waals surface area contributed by atoms with E-state index in [2.05, 4.69) is 17.4 Å². The van der Waals surface area contributed by atoms with E-state index in [1.165, 1.54) is 17.2 Å².